The fourth-order valence-corrected chi connectivity index (χ4v) is 3.43. The van der Waals surface area contributed by atoms with Gasteiger partial charge in [0.2, 0.25) is 0 Å². The minimum atomic E-state index is 0.526. The van der Waals surface area contributed by atoms with Gasteiger partial charge in [-0.3, -0.25) is 4.68 Å². The van der Waals surface area contributed by atoms with E-state index >= 15 is 0 Å². The van der Waals surface area contributed by atoms with Crippen molar-refractivity contribution >= 4 is 27.5 Å². The number of halogens is 2. The first kappa shape index (κ1) is 16.4. The summed E-state index contributed by atoms with van der Waals surface area (Å²) < 4.78 is 8.30. The maximum Gasteiger partial charge on any atom is 0.133 e. The highest BCUT2D eigenvalue weighted by Crippen LogP contribution is 2.26. The zero-order chi connectivity index (χ0) is 15.4. The molecule has 1 heterocycles. The van der Waals surface area contributed by atoms with E-state index in [0.29, 0.717) is 5.88 Å². The molecule has 2 rings (SSSR count). The fraction of sp³-hybridized carbons (Fsp3) is 0.438. The summed E-state index contributed by atoms with van der Waals surface area (Å²) in [5.74, 6) is 1.36. The Morgan fingerprint density at radius 3 is 2.57 bits per heavy atom. The summed E-state index contributed by atoms with van der Waals surface area (Å²) in [6, 6.07) is 6.11. The molecule has 0 atom stereocenters. The second kappa shape index (κ2) is 7.32. The van der Waals surface area contributed by atoms with Gasteiger partial charge in [-0.05, 0) is 46.5 Å². The van der Waals surface area contributed by atoms with Crippen LogP contribution in [0.3, 0.4) is 0 Å². The van der Waals surface area contributed by atoms with E-state index in [1.165, 1.54) is 16.8 Å². The van der Waals surface area contributed by atoms with Crippen molar-refractivity contribution in [1.29, 1.82) is 0 Å². The Morgan fingerprint density at radius 2 is 2.05 bits per heavy atom. The van der Waals surface area contributed by atoms with E-state index in [2.05, 4.69) is 46.6 Å². The van der Waals surface area contributed by atoms with Gasteiger partial charge >= 0.3 is 0 Å². The van der Waals surface area contributed by atoms with Gasteiger partial charge < -0.3 is 4.74 Å². The summed E-state index contributed by atoms with van der Waals surface area (Å²) in [6.07, 6.45) is 1.85. The highest BCUT2D eigenvalue weighted by molar-refractivity contribution is 9.10. The number of benzene rings is 1. The van der Waals surface area contributed by atoms with E-state index in [9.17, 15) is 0 Å². The number of aromatic nitrogens is 2. The van der Waals surface area contributed by atoms with Crippen LogP contribution in [-0.2, 0) is 25.3 Å². The molecule has 0 fully saturated rings. The van der Waals surface area contributed by atoms with Crippen LogP contribution in [0.2, 0.25) is 0 Å². The smallest absolute Gasteiger partial charge is 0.133 e. The molecule has 2 aromatic rings. The Labute approximate surface area is 139 Å². The van der Waals surface area contributed by atoms with Crippen molar-refractivity contribution in [3.63, 3.8) is 0 Å². The number of alkyl halides is 1. The number of ether oxygens (including phenoxy) is 1. The monoisotopic (exact) mass is 370 g/mol. The highest BCUT2D eigenvalue weighted by atomic mass is 79.9. The molecule has 0 spiro atoms. The fourth-order valence-electron chi connectivity index (χ4n) is 2.53. The third-order valence-electron chi connectivity index (χ3n) is 3.60. The second-order valence-corrected chi connectivity index (χ2v) is 5.96. The Hall–Kier alpha value is -1.000. The zero-order valence-corrected chi connectivity index (χ0v) is 15.0. The molecule has 0 aliphatic heterocycles. The molecule has 114 valence electrons. The maximum absolute atomic E-state index is 6.10. The van der Waals surface area contributed by atoms with Crippen LogP contribution in [0.15, 0.2) is 22.7 Å². The van der Waals surface area contributed by atoms with E-state index in [1.54, 1.807) is 7.11 Å². The van der Waals surface area contributed by atoms with Gasteiger partial charge in [0.1, 0.15) is 5.75 Å². The van der Waals surface area contributed by atoms with Crippen LogP contribution < -0.4 is 4.74 Å². The molecule has 0 N–H and O–H groups in total. The molecular weight excluding hydrogens is 352 g/mol. The summed E-state index contributed by atoms with van der Waals surface area (Å²) in [5.41, 5.74) is 4.71. The van der Waals surface area contributed by atoms with Crippen LogP contribution in [0.4, 0.5) is 0 Å². The number of hydrogen-bond acceptors (Lipinski definition) is 2. The maximum atomic E-state index is 6.10. The molecule has 0 unspecified atom stereocenters. The van der Waals surface area contributed by atoms with Crippen LogP contribution in [0, 0.1) is 0 Å². The lowest BCUT2D eigenvalue weighted by Crippen LogP contribution is -2.06. The van der Waals surface area contributed by atoms with Gasteiger partial charge in [-0.15, -0.1) is 11.6 Å². The van der Waals surface area contributed by atoms with Crippen molar-refractivity contribution in [2.45, 2.75) is 39.1 Å². The number of rotatable bonds is 6. The number of nitrogens with zero attached hydrogens (tertiary/aromatic N) is 2. The van der Waals surface area contributed by atoms with Crippen LogP contribution in [0.5, 0.6) is 5.75 Å². The van der Waals surface area contributed by atoms with E-state index < -0.39 is 0 Å². The molecule has 0 amide bonds. The lowest BCUT2D eigenvalue weighted by atomic mass is 10.1. The molecule has 21 heavy (non-hydrogen) atoms. The Kier molecular flexibility index (Phi) is 5.71. The molecule has 0 aliphatic carbocycles. The first-order chi connectivity index (χ1) is 10.1. The SMILES string of the molecule is CCc1nn(Cc2ccc(OC)c(Br)c2)c(CC)c1CCl. The number of methoxy groups -OCH3 is 1. The number of hydrogen-bond donors (Lipinski definition) is 0. The van der Waals surface area contributed by atoms with Gasteiger partial charge in [-0.2, -0.15) is 5.10 Å². The minimum Gasteiger partial charge on any atom is -0.496 e. The van der Waals surface area contributed by atoms with E-state index in [4.69, 9.17) is 21.4 Å². The van der Waals surface area contributed by atoms with Crippen LogP contribution in [0.1, 0.15) is 36.4 Å². The van der Waals surface area contributed by atoms with Crippen LogP contribution in [0.25, 0.3) is 0 Å². The minimum absolute atomic E-state index is 0.526. The summed E-state index contributed by atoms with van der Waals surface area (Å²) in [6.45, 7) is 5.01. The van der Waals surface area contributed by atoms with Crippen molar-refractivity contribution < 1.29 is 4.74 Å². The predicted octanol–water partition coefficient (Wildman–Crippen LogP) is 4.57. The number of aryl methyl sites for hydroxylation is 1. The molecule has 0 saturated carbocycles. The van der Waals surface area contributed by atoms with E-state index in [1.807, 2.05) is 6.07 Å². The van der Waals surface area contributed by atoms with Gasteiger partial charge in [0.25, 0.3) is 0 Å². The van der Waals surface area contributed by atoms with Gasteiger partial charge in [-0.25, -0.2) is 0 Å². The average molecular weight is 372 g/mol. The molecule has 0 aliphatic rings. The van der Waals surface area contributed by atoms with Crippen molar-refractivity contribution in [2.24, 2.45) is 0 Å². The van der Waals surface area contributed by atoms with E-state index in [-0.39, 0.29) is 0 Å². The van der Waals surface area contributed by atoms with Gasteiger partial charge in [0.15, 0.2) is 0 Å². The molecule has 0 radical (unpaired) electrons. The lowest BCUT2D eigenvalue weighted by Gasteiger charge is -2.09. The first-order valence-electron chi connectivity index (χ1n) is 7.10. The van der Waals surface area contributed by atoms with Crippen molar-refractivity contribution in [3.8, 4) is 5.75 Å². The quantitative estimate of drug-likeness (QED) is 0.696. The average Bonchev–Trinajstić information content (AvgIpc) is 2.84. The topological polar surface area (TPSA) is 27.1 Å². The molecule has 3 nitrogen and oxygen atoms in total. The van der Waals surface area contributed by atoms with Crippen LogP contribution >= 0.6 is 27.5 Å². The third kappa shape index (κ3) is 3.43. The van der Waals surface area contributed by atoms with Crippen molar-refractivity contribution in [3.05, 3.63) is 45.2 Å². The summed E-state index contributed by atoms with van der Waals surface area (Å²) in [5, 5.41) is 4.72. The van der Waals surface area contributed by atoms with Gasteiger partial charge in [0, 0.05) is 11.3 Å². The largest absolute Gasteiger partial charge is 0.496 e. The molecule has 0 saturated heterocycles. The first-order valence-corrected chi connectivity index (χ1v) is 8.43. The molecule has 1 aromatic carbocycles. The Balaban J connectivity index is 2.35. The Bertz CT molecular complexity index is 625. The molecule has 0 bridgehead atoms. The highest BCUT2D eigenvalue weighted by Gasteiger charge is 2.15. The lowest BCUT2D eigenvalue weighted by molar-refractivity contribution is 0.412. The molecule has 1 aromatic heterocycles. The predicted molar refractivity (Wildman–Crippen MR) is 90.3 cm³/mol. The standard InChI is InChI=1S/C16H20BrClN2O/c1-4-14-12(9-18)15(5-2)20(19-14)10-11-6-7-16(21-3)13(17)8-11/h6-8H,4-5,9-10H2,1-3H3. The van der Waals surface area contributed by atoms with E-state index in [0.717, 1.165) is 35.3 Å². The summed E-state index contributed by atoms with van der Waals surface area (Å²) >= 11 is 9.63. The summed E-state index contributed by atoms with van der Waals surface area (Å²) in [7, 11) is 1.67. The van der Waals surface area contributed by atoms with Gasteiger partial charge in [-0.1, -0.05) is 19.9 Å². The normalized spacial score (nSPS) is 10.9. The van der Waals surface area contributed by atoms with Crippen LogP contribution in [-0.4, -0.2) is 16.9 Å². The molecule has 5 heteroatoms. The zero-order valence-electron chi connectivity index (χ0n) is 12.6. The third-order valence-corrected chi connectivity index (χ3v) is 4.49. The van der Waals surface area contributed by atoms with Crippen molar-refractivity contribution in [1.82, 2.24) is 9.78 Å². The van der Waals surface area contributed by atoms with Crippen molar-refractivity contribution in [2.75, 3.05) is 7.11 Å². The Morgan fingerprint density at radius 1 is 1.29 bits per heavy atom. The summed E-state index contributed by atoms with van der Waals surface area (Å²) in [4.78, 5) is 0. The second-order valence-electron chi connectivity index (χ2n) is 4.84. The van der Waals surface area contributed by atoms with Gasteiger partial charge in [0.05, 0.1) is 29.7 Å². The molecular formula is C16H20BrClN2O.